The molecule has 0 fully saturated rings. The Morgan fingerprint density at radius 1 is 1.42 bits per heavy atom. The molecule has 0 aliphatic rings. The summed E-state index contributed by atoms with van der Waals surface area (Å²) in [7, 11) is 3.44. The first-order valence-electron chi connectivity index (χ1n) is 6.06. The lowest BCUT2D eigenvalue weighted by Crippen LogP contribution is -2.16. The van der Waals surface area contributed by atoms with Gasteiger partial charge in [0.1, 0.15) is 5.75 Å². The van der Waals surface area contributed by atoms with Gasteiger partial charge in [0.25, 0.3) is 0 Å². The molecule has 0 amide bonds. The van der Waals surface area contributed by atoms with Crippen LogP contribution in [0.2, 0.25) is 0 Å². The second-order valence-corrected chi connectivity index (χ2v) is 4.20. The first-order valence-corrected chi connectivity index (χ1v) is 6.06. The van der Waals surface area contributed by atoms with Gasteiger partial charge in [-0.25, -0.2) is 4.79 Å². The average Bonchev–Trinajstić information content (AvgIpc) is 2.79. The molecule has 19 heavy (non-hydrogen) atoms. The molecule has 1 N–H and O–H groups in total. The molecule has 5 nitrogen and oxygen atoms in total. The first kappa shape index (κ1) is 13.4. The normalized spacial score (nSPS) is 12.4. The summed E-state index contributed by atoms with van der Waals surface area (Å²) < 4.78 is 12.1. The maximum Gasteiger partial charge on any atom is 0.339 e. The molecule has 2 rings (SSSR count). The number of carbonyl (C=O) groups is 1. The molecule has 0 spiro atoms. The van der Waals surface area contributed by atoms with E-state index in [0.29, 0.717) is 11.3 Å². The van der Waals surface area contributed by atoms with Crippen LogP contribution >= 0.6 is 0 Å². The van der Waals surface area contributed by atoms with Gasteiger partial charge in [0.05, 0.1) is 19.2 Å². The minimum atomic E-state index is -1.33. The fourth-order valence-electron chi connectivity index (χ4n) is 2.13. The summed E-state index contributed by atoms with van der Waals surface area (Å²) in [5.74, 6) is -0.172. The number of esters is 1. The number of aromatic nitrogens is 1. The summed E-state index contributed by atoms with van der Waals surface area (Å²) in [4.78, 5) is 11.6. The molecule has 2 aromatic rings. The molecule has 0 aliphatic carbocycles. The third-order valence-corrected chi connectivity index (χ3v) is 3.06. The molecule has 1 unspecified atom stereocenters. The number of carbonyl (C=O) groups excluding carboxylic acids is 1. The Balaban J connectivity index is 2.51. The Bertz CT molecular complexity index is 603. The largest absolute Gasteiger partial charge is 0.496 e. The first-order chi connectivity index (χ1) is 9.10. The van der Waals surface area contributed by atoms with Gasteiger partial charge in [0, 0.05) is 24.2 Å². The van der Waals surface area contributed by atoms with Crippen molar-refractivity contribution in [3.63, 3.8) is 0 Å². The molecule has 1 aromatic carbocycles. The van der Waals surface area contributed by atoms with Crippen LogP contribution in [-0.2, 0) is 16.6 Å². The molecule has 1 heterocycles. The van der Waals surface area contributed by atoms with Crippen LogP contribution in [0.15, 0.2) is 24.4 Å². The van der Waals surface area contributed by atoms with Crippen LogP contribution < -0.4 is 4.74 Å². The fraction of sp³-hybridized carbons (Fsp3) is 0.357. The highest BCUT2D eigenvalue weighted by atomic mass is 16.5. The zero-order valence-corrected chi connectivity index (χ0v) is 11.2. The van der Waals surface area contributed by atoms with Crippen molar-refractivity contribution in [3.8, 4) is 5.75 Å². The molecule has 0 bridgehead atoms. The van der Waals surface area contributed by atoms with E-state index in [1.54, 1.807) is 13.0 Å². The Morgan fingerprint density at radius 2 is 2.16 bits per heavy atom. The van der Waals surface area contributed by atoms with Crippen LogP contribution in [0, 0.1) is 0 Å². The van der Waals surface area contributed by atoms with Gasteiger partial charge in [0.2, 0.25) is 0 Å². The van der Waals surface area contributed by atoms with Crippen LogP contribution in [0.5, 0.6) is 5.75 Å². The van der Waals surface area contributed by atoms with E-state index in [0.717, 1.165) is 10.9 Å². The van der Waals surface area contributed by atoms with Gasteiger partial charge in [-0.15, -0.1) is 0 Å². The lowest BCUT2D eigenvalue weighted by Gasteiger charge is -2.14. The minimum Gasteiger partial charge on any atom is -0.496 e. The number of methoxy groups -OCH3 is 1. The van der Waals surface area contributed by atoms with Crippen molar-refractivity contribution in [2.45, 2.75) is 13.0 Å². The monoisotopic (exact) mass is 263 g/mol. The second kappa shape index (κ2) is 5.32. The number of hydrogen-bond acceptors (Lipinski definition) is 4. The molecule has 5 heteroatoms. The van der Waals surface area contributed by atoms with E-state index in [2.05, 4.69) is 0 Å². The van der Waals surface area contributed by atoms with Crippen molar-refractivity contribution >= 4 is 16.9 Å². The average molecular weight is 263 g/mol. The molecule has 0 saturated carbocycles. The van der Waals surface area contributed by atoms with Crippen molar-refractivity contribution in [2.24, 2.45) is 7.05 Å². The van der Waals surface area contributed by atoms with Crippen LogP contribution in [0.1, 0.15) is 18.6 Å². The number of nitrogens with zero attached hydrogens (tertiary/aromatic N) is 1. The summed E-state index contributed by atoms with van der Waals surface area (Å²) in [5.41, 5.74) is 1.39. The number of rotatable bonds is 4. The van der Waals surface area contributed by atoms with Crippen molar-refractivity contribution in [1.82, 2.24) is 4.57 Å². The number of benzene rings is 1. The maximum atomic E-state index is 11.6. The number of aliphatic hydroxyl groups excluding tert-OH is 1. The molecule has 1 atom stereocenters. The van der Waals surface area contributed by atoms with E-state index in [4.69, 9.17) is 9.47 Å². The number of aliphatic hydroxyl groups is 1. The topological polar surface area (TPSA) is 60.7 Å². The molecule has 102 valence electrons. The van der Waals surface area contributed by atoms with Crippen LogP contribution in [0.3, 0.4) is 0 Å². The van der Waals surface area contributed by atoms with Gasteiger partial charge in [0.15, 0.2) is 6.10 Å². The Hall–Kier alpha value is -2.01. The number of ether oxygens (including phenoxy) is 2. The van der Waals surface area contributed by atoms with Crippen LogP contribution in [0.4, 0.5) is 0 Å². The quantitative estimate of drug-likeness (QED) is 0.854. The summed E-state index contributed by atoms with van der Waals surface area (Å²) in [5, 5.41) is 10.9. The summed E-state index contributed by atoms with van der Waals surface area (Å²) in [6.07, 6.45) is 0.563. The van der Waals surface area contributed by atoms with Gasteiger partial charge < -0.3 is 19.1 Å². The Labute approximate surface area is 111 Å². The third kappa shape index (κ3) is 2.29. The second-order valence-electron chi connectivity index (χ2n) is 4.20. The molecule has 0 saturated heterocycles. The lowest BCUT2D eigenvalue weighted by molar-refractivity contribution is -0.153. The number of hydrogen-bond donors (Lipinski definition) is 1. The van der Waals surface area contributed by atoms with Crippen molar-refractivity contribution < 1.29 is 19.4 Å². The standard InChI is InChI=1S/C14H17NO4/c1-4-19-14(17)12(16)10-5-6-11-9(13(10)18-3)7-8-15(11)2/h5-8,12,16H,4H2,1-3H3. The minimum absolute atomic E-state index is 0.228. The van der Waals surface area contributed by atoms with E-state index < -0.39 is 12.1 Å². The smallest absolute Gasteiger partial charge is 0.339 e. The number of fused-ring (bicyclic) bond motifs is 1. The lowest BCUT2D eigenvalue weighted by atomic mass is 10.1. The summed E-state index contributed by atoms with van der Waals surface area (Å²) >= 11 is 0. The molecular weight excluding hydrogens is 246 g/mol. The zero-order valence-electron chi connectivity index (χ0n) is 11.2. The third-order valence-electron chi connectivity index (χ3n) is 3.06. The highest BCUT2D eigenvalue weighted by molar-refractivity contribution is 5.90. The highest BCUT2D eigenvalue weighted by Crippen LogP contribution is 2.34. The van der Waals surface area contributed by atoms with Gasteiger partial charge >= 0.3 is 5.97 Å². The van der Waals surface area contributed by atoms with Crippen LogP contribution in [0.25, 0.3) is 10.9 Å². The van der Waals surface area contributed by atoms with E-state index in [-0.39, 0.29) is 6.61 Å². The fourth-order valence-corrected chi connectivity index (χ4v) is 2.13. The van der Waals surface area contributed by atoms with Gasteiger partial charge in [-0.3, -0.25) is 0 Å². The van der Waals surface area contributed by atoms with Gasteiger partial charge in [-0.2, -0.15) is 0 Å². The summed E-state index contributed by atoms with van der Waals surface area (Å²) in [6, 6.07) is 5.41. The predicted molar refractivity (Wildman–Crippen MR) is 71.1 cm³/mol. The van der Waals surface area contributed by atoms with Gasteiger partial charge in [-0.1, -0.05) is 0 Å². The van der Waals surface area contributed by atoms with Crippen molar-refractivity contribution in [3.05, 3.63) is 30.0 Å². The van der Waals surface area contributed by atoms with E-state index in [1.807, 2.05) is 29.9 Å². The van der Waals surface area contributed by atoms with E-state index in [1.165, 1.54) is 7.11 Å². The Kier molecular flexibility index (Phi) is 3.76. The number of aryl methyl sites for hydroxylation is 1. The molecule has 0 radical (unpaired) electrons. The van der Waals surface area contributed by atoms with Crippen LogP contribution in [-0.4, -0.2) is 29.4 Å². The Morgan fingerprint density at radius 3 is 2.79 bits per heavy atom. The van der Waals surface area contributed by atoms with Gasteiger partial charge in [-0.05, 0) is 25.1 Å². The predicted octanol–water partition coefficient (Wildman–Crippen LogP) is 1.78. The maximum absolute atomic E-state index is 11.6. The van der Waals surface area contributed by atoms with E-state index in [9.17, 15) is 9.90 Å². The molecule has 0 aliphatic heterocycles. The highest BCUT2D eigenvalue weighted by Gasteiger charge is 2.24. The zero-order chi connectivity index (χ0) is 14.0. The molecule has 1 aromatic heterocycles. The molecular formula is C14H17NO4. The SMILES string of the molecule is CCOC(=O)C(O)c1ccc2c(ccn2C)c1OC. The van der Waals surface area contributed by atoms with Crippen molar-refractivity contribution in [1.29, 1.82) is 0 Å². The van der Waals surface area contributed by atoms with E-state index >= 15 is 0 Å². The van der Waals surface area contributed by atoms with Crippen molar-refractivity contribution in [2.75, 3.05) is 13.7 Å². The summed E-state index contributed by atoms with van der Waals surface area (Å²) in [6.45, 7) is 1.92.